The Balaban J connectivity index is 1.78. The fourth-order valence-corrected chi connectivity index (χ4v) is 3.07. The third-order valence-corrected chi connectivity index (χ3v) is 4.21. The van der Waals surface area contributed by atoms with Gasteiger partial charge in [-0.1, -0.05) is 23.7 Å². The third kappa shape index (κ3) is 5.13. The van der Waals surface area contributed by atoms with E-state index in [9.17, 15) is 0 Å². The number of nitrogens with zero attached hydrogens (tertiary/aromatic N) is 1. The Labute approximate surface area is 122 Å². The van der Waals surface area contributed by atoms with Gasteiger partial charge in [0.05, 0.1) is 0 Å². The predicted octanol–water partition coefficient (Wildman–Crippen LogP) is 3.55. The van der Waals surface area contributed by atoms with Crippen LogP contribution in [0.4, 0.5) is 0 Å². The standard InChI is InChI=1S/C16H25ClN2/c1-18-10-2-4-14-5-3-11-19(12-14)13-15-6-8-16(17)9-7-15/h6-9,14,18H,2-5,10-13H2,1H3. The van der Waals surface area contributed by atoms with Crippen molar-refractivity contribution in [2.24, 2.45) is 5.92 Å². The summed E-state index contributed by atoms with van der Waals surface area (Å²) >= 11 is 5.93. The second-order valence-electron chi connectivity index (χ2n) is 5.62. The first-order valence-electron chi connectivity index (χ1n) is 7.39. The normalized spacial score (nSPS) is 20.6. The fourth-order valence-electron chi connectivity index (χ4n) is 2.95. The largest absolute Gasteiger partial charge is 0.320 e. The van der Waals surface area contributed by atoms with Gasteiger partial charge in [-0.2, -0.15) is 0 Å². The van der Waals surface area contributed by atoms with Gasteiger partial charge in [0.15, 0.2) is 0 Å². The van der Waals surface area contributed by atoms with E-state index in [0.29, 0.717) is 0 Å². The first-order valence-corrected chi connectivity index (χ1v) is 7.77. The molecule has 1 saturated heterocycles. The van der Waals surface area contributed by atoms with Gasteiger partial charge >= 0.3 is 0 Å². The van der Waals surface area contributed by atoms with E-state index in [1.807, 2.05) is 19.2 Å². The van der Waals surface area contributed by atoms with Crippen LogP contribution in [0.5, 0.6) is 0 Å². The Morgan fingerprint density at radius 2 is 2.11 bits per heavy atom. The number of rotatable bonds is 6. The van der Waals surface area contributed by atoms with Gasteiger partial charge in [-0.3, -0.25) is 4.90 Å². The number of benzene rings is 1. The predicted molar refractivity (Wildman–Crippen MR) is 82.6 cm³/mol. The van der Waals surface area contributed by atoms with E-state index in [2.05, 4.69) is 22.3 Å². The van der Waals surface area contributed by atoms with Crippen LogP contribution >= 0.6 is 11.6 Å². The highest BCUT2D eigenvalue weighted by Gasteiger charge is 2.19. The molecule has 106 valence electrons. The Morgan fingerprint density at radius 3 is 2.84 bits per heavy atom. The minimum absolute atomic E-state index is 0.826. The van der Waals surface area contributed by atoms with Crippen LogP contribution in [0.15, 0.2) is 24.3 Å². The van der Waals surface area contributed by atoms with Crippen LogP contribution < -0.4 is 5.32 Å². The Bertz CT molecular complexity index is 364. The highest BCUT2D eigenvalue weighted by atomic mass is 35.5. The summed E-state index contributed by atoms with van der Waals surface area (Å²) in [6.07, 6.45) is 5.41. The zero-order chi connectivity index (χ0) is 13.5. The molecule has 1 aromatic rings. The van der Waals surface area contributed by atoms with Gasteiger partial charge in [0, 0.05) is 18.1 Å². The Kier molecular flexibility index (Phi) is 6.15. The van der Waals surface area contributed by atoms with Gasteiger partial charge in [0.1, 0.15) is 0 Å². The van der Waals surface area contributed by atoms with Gasteiger partial charge in [0.2, 0.25) is 0 Å². The van der Waals surface area contributed by atoms with Crippen molar-refractivity contribution in [2.75, 3.05) is 26.7 Å². The average molecular weight is 281 g/mol. The summed E-state index contributed by atoms with van der Waals surface area (Å²) in [6, 6.07) is 8.27. The monoisotopic (exact) mass is 280 g/mol. The van der Waals surface area contributed by atoms with Crippen LogP contribution in [0.25, 0.3) is 0 Å². The van der Waals surface area contributed by atoms with Crippen LogP contribution in [-0.4, -0.2) is 31.6 Å². The molecule has 1 heterocycles. The van der Waals surface area contributed by atoms with Crippen molar-refractivity contribution in [1.82, 2.24) is 10.2 Å². The summed E-state index contributed by atoms with van der Waals surface area (Å²) in [5, 5.41) is 4.06. The molecular formula is C16H25ClN2. The summed E-state index contributed by atoms with van der Waals surface area (Å²) in [6.45, 7) is 4.71. The number of halogens is 1. The van der Waals surface area contributed by atoms with Crippen molar-refractivity contribution in [3.8, 4) is 0 Å². The lowest BCUT2D eigenvalue weighted by molar-refractivity contribution is 0.160. The summed E-state index contributed by atoms with van der Waals surface area (Å²) in [7, 11) is 2.04. The van der Waals surface area contributed by atoms with E-state index in [-0.39, 0.29) is 0 Å². The van der Waals surface area contributed by atoms with Crippen molar-refractivity contribution < 1.29 is 0 Å². The highest BCUT2D eigenvalue weighted by molar-refractivity contribution is 6.30. The molecule has 1 unspecified atom stereocenters. The maximum atomic E-state index is 5.93. The zero-order valence-electron chi connectivity index (χ0n) is 11.9. The van der Waals surface area contributed by atoms with Crippen molar-refractivity contribution in [2.45, 2.75) is 32.2 Å². The lowest BCUT2D eigenvalue weighted by Gasteiger charge is -2.32. The molecule has 2 rings (SSSR count). The smallest absolute Gasteiger partial charge is 0.0406 e. The molecule has 1 aliphatic heterocycles. The molecular weight excluding hydrogens is 256 g/mol. The maximum Gasteiger partial charge on any atom is 0.0406 e. The SMILES string of the molecule is CNCCCC1CCCN(Cc2ccc(Cl)cc2)C1. The van der Waals surface area contributed by atoms with Crippen molar-refractivity contribution in [3.63, 3.8) is 0 Å². The molecule has 3 heteroatoms. The Hall–Kier alpha value is -0.570. The van der Waals surface area contributed by atoms with Crippen molar-refractivity contribution in [1.29, 1.82) is 0 Å². The van der Waals surface area contributed by atoms with E-state index in [4.69, 9.17) is 11.6 Å². The molecule has 0 amide bonds. The summed E-state index contributed by atoms with van der Waals surface area (Å²) < 4.78 is 0. The molecule has 19 heavy (non-hydrogen) atoms. The van der Waals surface area contributed by atoms with E-state index in [1.54, 1.807) is 0 Å². The number of piperidine rings is 1. The molecule has 1 N–H and O–H groups in total. The maximum absolute atomic E-state index is 5.93. The number of hydrogen-bond acceptors (Lipinski definition) is 2. The number of likely N-dealkylation sites (tertiary alicyclic amines) is 1. The van der Waals surface area contributed by atoms with Gasteiger partial charge in [-0.05, 0) is 69.4 Å². The van der Waals surface area contributed by atoms with E-state index < -0.39 is 0 Å². The second kappa shape index (κ2) is 7.88. The number of nitrogens with one attached hydrogen (secondary N) is 1. The molecule has 1 aliphatic rings. The van der Waals surface area contributed by atoms with E-state index in [0.717, 1.165) is 24.0 Å². The summed E-state index contributed by atoms with van der Waals surface area (Å²) in [5.74, 6) is 0.884. The van der Waals surface area contributed by atoms with Gasteiger partial charge in [-0.15, -0.1) is 0 Å². The van der Waals surface area contributed by atoms with Crippen molar-refractivity contribution >= 4 is 11.6 Å². The molecule has 0 spiro atoms. The molecule has 0 radical (unpaired) electrons. The summed E-state index contributed by atoms with van der Waals surface area (Å²) in [4.78, 5) is 2.59. The molecule has 0 aromatic heterocycles. The fraction of sp³-hybridized carbons (Fsp3) is 0.625. The van der Waals surface area contributed by atoms with Crippen LogP contribution in [0, 0.1) is 5.92 Å². The van der Waals surface area contributed by atoms with Crippen LogP contribution in [0.1, 0.15) is 31.2 Å². The number of hydrogen-bond donors (Lipinski definition) is 1. The molecule has 1 atom stereocenters. The lowest BCUT2D eigenvalue weighted by atomic mass is 9.93. The van der Waals surface area contributed by atoms with E-state index in [1.165, 1.54) is 44.3 Å². The van der Waals surface area contributed by atoms with Crippen LogP contribution in [0.2, 0.25) is 5.02 Å². The molecule has 2 nitrogen and oxygen atoms in total. The first-order chi connectivity index (χ1) is 9.28. The first kappa shape index (κ1) is 14.8. The van der Waals surface area contributed by atoms with Crippen molar-refractivity contribution in [3.05, 3.63) is 34.9 Å². The van der Waals surface area contributed by atoms with E-state index >= 15 is 0 Å². The van der Waals surface area contributed by atoms with Crippen LogP contribution in [-0.2, 0) is 6.54 Å². The minimum atomic E-state index is 0.826. The minimum Gasteiger partial charge on any atom is -0.320 e. The highest BCUT2D eigenvalue weighted by Crippen LogP contribution is 2.22. The third-order valence-electron chi connectivity index (χ3n) is 3.96. The molecule has 1 aromatic carbocycles. The Morgan fingerprint density at radius 1 is 1.32 bits per heavy atom. The van der Waals surface area contributed by atoms with Gasteiger partial charge in [0.25, 0.3) is 0 Å². The molecule has 0 bridgehead atoms. The van der Waals surface area contributed by atoms with Gasteiger partial charge in [-0.25, -0.2) is 0 Å². The quantitative estimate of drug-likeness (QED) is 0.802. The zero-order valence-corrected chi connectivity index (χ0v) is 12.6. The average Bonchev–Trinajstić information content (AvgIpc) is 2.42. The lowest BCUT2D eigenvalue weighted by Crippen LogP contribution is -2.35. The second-order valence-corrected chi connectivity index (χ2v) is 6.05. The molecule has 0 aliphatic carbocycles. The van der Waals surface area contributed by atoms with Gasteiger partial charge < -0.3 is 5.32 Å². The summed E-state index contributed by atoms with van der Waals surface area (Å²) in [5.41, 5.74) is 1.38. The molecule has 0 saturated carbocycles. The van der Waals surface area contributed by atoms with Crippen LogP contribution in [0.3, 0.4) is 0 Å². The topological polar surface area (TPSA) is 15.3 Å². The molecule has 1 fully saturated rings.